The van der Waals surface area contributed by atoms with Crippen LogP contribution >= 0.6 is 22.7 Å². The number of aryl methyl sites for hydroxylation is 7. The summed E-state index contributed by atoms with van der Waals surface area (Å²) in [6.07, 6.45) is 5.35. The van der Waals surface area contributed by atoms with E-state index in [-0.39, 0.29) is 30.4 Å². The van der Waals surface area contributed by atoms with Crippen molar-refractivity contribution >= 4 is 34.6 Å². The quantitative estimate of drug-likeness (QED) is 0.152. The van der Waals surface area contributed by atoms with Crippen LogP contribution < -0.4 is 11.1 Å². The number of ketones is 1. The molecule has 2 aromatic heterocycles. The maximum absolute atomic E-state index is 14.3. The van der Waals surface area contributed by atoms with Crippen molar-refractivity contribution in [2.24, 2.45) is 5.73 Å². The second kappa shape index (κ2) is 20.9. The van der Waals surface area contributed by atoms with Crippen molar-refractivity contribution in [3.05, 3.63) is 102 Å². The lowest BCUT2D eigenvalue weighted by Crippen LogP contribution is -2.35. The minimum Gasteiger partial charge on any atom is -0.444 e. The first-order chi connectivity index (χ1) is 23.8. The second-order valence-electron chi connectivity index (χ2n) is 13.0. The molecule has 0 saturated carbocycles. The number of thiazole rings is 2. The van der Waals surface area contributed by atoms with E-state index in [0.717, 1.165) is 57.7 Å². The van der Waals surface area contributed by atoms with Crippen LogP contribution in [0.25, 0.3) is 0 Å². The molecule has 0 unspecified atom stereocenters. The first-order valence-corrected chi connectivity index (χ1v) is 18.7. The van der Waals surface area contributed by atoms with Crippen molar-refractivity contribution in [3.8, 4) is 0 Å². The summed E-state index contributed by atoms with van der Waals surface area (Å²) in [5.74, 6) is -0.557. The summed E-state index contributed by atoms with van der Waals surface area (Å²) >= 11 is 3.22. The van der Waals surface area contributed by atoms with Crippen LogP contribution in [0.5, 0.6) is 0 Å². The van der Waals surface area contributed by atoms with E-state index in [2.05, 4.69) is 15.3 Å². The van der Waals surface area contributed by atoms with Gasteiger partial charge in [-0.25, -0.2) is 23.5 Å². The Morgan fingerprint density at radius 2 is 1.36 bits per heavy atom. The van der Waals surface area contributed by atoms with Crippen LogP contribution in [0, 0.1) is 25.5 Å². The van der Waals surface area contributed by atoms with E-state index in [1.54, 1.807) is 49.5 Å². The third-order valence-electron chi connectivity index (χ3n) is 7.45. The maximum atomic E-state index is 14.3. The minimum absolute atomic E-state index is 0.0947. The summed E-state index contributed by atoms with van der Waals surface area (Å²) in [4.78, 5) is 32.2. The molecule has 0 spiro atoms. The molecule has 1 aliphatic rings. The van der Waals surface area contributed by atoms with Crippen molar-refractivity contribution in [1.29, 1.82) is 0 Å². The molecular formula is C38H50F2N4O4S2. The van der Waals surface area contributed by atoms with E-state index in [9.17, 15) is 18.4 Å². The number of carbonyl (C=O) groups is 2. The number of rotatable bonds is 12. The van der Waals surface area contributed by atoms with Gasteiger partial charge in [0.15, 0.2) is 5.78 Å². The SMILES string of the molecule is C1CCOC1.Cc1nc(CCc2ccc(CCC(=O)CNC(=O)OC(C)(C)C)cc2F)cs1.Cc1nc(CCc2ccc(CN)cc2F)cs1. The van der Waals surface area contributed by atoms with Crippen LogP contribution in [-0.4, -0.2) is 47.2 Å². The fourth-order valence-electron chi connectivity index (χ4n) is 4.81. The number of halogens is 2. The zero-order chi connectivity index (χ0) is 36.5. The number of alkyl carbamates (subject to hydrolysis) is 1. The summed E-state index contributed by atoms with van der Waals surface area (Å²) in [5, 5.41) is 8.53. The highest BCUT2D eigenvalue weighted by atomic mass is 32.1. The van der Waals surface area contributed by atoms with Gasteiger partial charge in [0.2, 0.25) is 0 Å². The van der Waals surface area contributed by atoms with E-state index >= 15 is 0 Å². The molecule has 0 atom stereocenters. The van der Waals surface area contributed by atoms with Crippen molar-refractivity contribution in [1.82, 2.24) is 15.3 Å². The van der Waals surface area contributed by atoms with Crippen LogP contribution in [0.4, 0.5) is 13.6 Å². The topological polar surface area (TPSA) is 116 Å². The van der Waals surface area contributed by atoms with Gasteiger partial charge in [0.25, 0.3) is 0 Å². The van der Waals surface area contributed by atoms with E-state index in [1.807, 2.05) is 42.8 Å². The summed E-state index contributed by atoms with van der Waals surface area (Å²) in [6.45, 7) is 11.5. The van der Waals surface area contributed by atoms with Crippen LogP contribution in [0.1, 0.15) is 83.7 Å². The highest BCUT2D eigenvalue weighted by Gasteiger charge is 2.17. The average Bonchev–Trinajstić information content (AvgIpc) is 3.86. The molecule has 12 heteroatoms. The average molecular weight is 729 g/mol. The molecule has 272 valence electrons. The standard InChI is InChI=1S/C21H27FN2O3S.C13H15FN2S.C4H8O/c1-14-24-17(13-28-14)9-8-16-7-5-15(11-19(16)22)6-10-18(25)12-23-20(26)27-21(2,3)4;1-9-16-12(8-17-9)5-4-11-3-2-10(7-15)6-13(11)14;1-2-4-5-3-1/h5,7,11,13H,6,8-10,12H2,1-4H3,(H,23,26);2-3,6,8H,4-5,7,15H2,1H3;1-4H2. The monoisotopic (exact) mass is 728 g/mol. The summed E-state index contributed by atoms with van der Waals surface area (Å²) < 4.78 is 38.0. The lowest BCUT2D eigenvalue weighted by molar-refractivity contribution is -0.118. The van der Waals surface area contributed by atoms with E-state index in [1.165, 1.54) is 25.0 Å². The lowest BCUT2D eigenvalue weighted by atomic mass is 10.0. The number of carbonyl (C=O) groups excluding carboxylic acids is 2. The van der Waals surface area contributed by atoms with Gasteiger partial charge in [-0.2, -0.15) is 0 Å². The predicted octanol–water partition coefficient (Wildman–Crippen LogP) is 8.03. The number of nitrogens with one attached hydrogen (secondary N) is 1. The third kappa shape index (κ3) is 16.0. The Hall–Kier alpha value is -3.58. The van der Waals surface area contributed by atoms with Gasteiger partial charge in [-0.05, 0) is 114 Å². The number of hydrogen-bond acceptors (Lipinski definition) is 9. The molecule has 0 aliphatic carbocycles. The van der Waals surface area contributed by atoms with Crippen molar-refractivity contribution in [2.45, 2.75) is 98.1 Å². The minimum atomic E-state index is -0.619. The molecule has 4 aromatic rings. The number of hydrogen-bond donors (Lipinski definition) is 2. The van der Waals surface area contributed by atoms with Gasteiger partial charge < -0.3 is 20.5 Å². The van der Waals surface area contributed by atoms with Gasteiger partial charge in [0, 0.05) is 36.9 Å². The Kier molecular flexibility index (Phi) is 17.1. The number of nitrogens with zero attached hydrogens (tertiary/aromatic N) is 2. The third-order valence-corrected chi connectivity index (χ3v) is 9.10. The summed E-state index contributed by atoms with van der Waals surface area (Å²) in [7, 11) is 0. The molecule has 1 amide bonds. The number of aromatic nitrogens is 2. The van der Waals surface area contributed by atoms with Gasteiger partial charge in [0.05, 0.1) is 27.9 Å². The Morgan fingerprint density at radius 3 is 1.78 bits per heavy atom. The van der Waals surface area contributed by atoms with Gasteiger partial charge in [-0.3, -0.25) is 4.79 Å². The molecular weight excluding hydrogens is 679 g/mol. The second-order valence-corrected chi connectivity index (χ2v) is 15.1. The highest BCUT2D eigenvalue weighted by Crippen LogP contribution is 2.17. The largest absolute Gasteiger partial charge is 0.444 e. The fraction of sp³-hybridized carbons (Fsp3) is 0.474. The molecule has 3 heterocycles. The molecule has 5 rings (SSSR count). The van der Waals surface area contributed by atoms with E-state index in [4.69, 9.17) is 15.2 Å². The first-order valence-electron chi connectivity index (χ1n) is 16.9. The number of nitrogens with two attached hydrogens (primary N) is 1. The lowest BCUT2D eigenvalue weighted by Gasteiger charge is -2.19. The molecule has 1 aliphatic heterocycles. The van der Waals surface area contributed by atoms with Crippen LogP contribution in [0.2, 0.25) is 0 Å². The predicted molar refractivity (Wildman–Crippen MR) is 197 cm³/mol. The number of ether oxygens (including phenoxy) is 2. The first kappa shape index (κ1) is 40.8. The zero-order valence-electron chi connectivity index (χ0n) is 29.8. The van der Waals surface area contributed by atoms with Gasteiger partial charge in [-0.15, -0.1) is 22.7 Å². The molecule has 2 aromatic carbocycles. The van der Waals surface area contributed by atoms with E-state index in [0.29, 0.717) is 37.8 Å². The van der Waals surface area contributed by atoms with Crippen LogP contribution in [-0.2, 0) is 52.9 Å². The van der Waals surface area contributed by atoms with Crippen LogP contribution in [0.3, 0.4) is 0 Å². The van der Waals surface area contributed by atoms with Crippen molar-refractivity contribution in [3.63, 3.8) is 0 Å². The van der Waals surface area contributed by atoms with Gasteiger partial charge >= 0.3 is 6.09 Å². The van der Waals surface area contributed by atoms with Crippen LogP contribution in [0.15, 0.2) is 47.2 Å². The molecule has 3 N–H and O–H groups in total. The Labute approximate surface area is 302 Å². The van der Waals surface area contributed by atoms with Crippen molar-refractivity contribution < 1.29 is 27.8 Å². The summed E-state index contributed by atoms with van der Waals surface area (Å²) in [5.41, 5.74) is 9.84. The Bertz CT molecular complexity index is 1640. The number of Topliss-reactive ketones (excluding diaryl/α,β-unsaturated/α-hetero) is 1. The van der Waals surface area contributed by atoms with Crippen molar-refractivity contribution in [2.75, 3.05) is 19.8 Å². The molecule has 50 heavy (non-hydrogen) atoms. The fourth-order valence-corrected chi connectivity index (χ4v) is 6.10. The molecule has 0 radical (unpaired) electrons. The molecule has 1 fully saturated rings. The summed E-state index contributed by atoms with van der Waals surface area (Å²) in [6, 6.07) is 10.3. The highest BCUT2D eigenvalue weighted by molar-refractivity contribution is 7.09. The maximum Gasteiger partial charge on any atom is 0.408 e. The number of amides is 1. The molecule has 0 bridgehead atoms. The Morgan fingerprint density at radius 1 is 0.840 bits per heavy atom. The smallest absolute Gasteiger partial charge is 0.408 e. The molecule has 8 nitrogen and oxygen atoms in total. The van der Waals surface area contributed by atoms with Gasteiger partial charge in [0.1, 0.15) is 17.2 Å². The van der Waals surface area contributed by atoms with E-state index < -0.39 is 11.7 Å². The van der Waals surface area contributed by atoms with Gasteiger partial charge in [-0.1, -0.05) is 24.3 Å². The zero-order valence-corrected chi connectivity index (χ0v) is 31.4. The normalized spacial score (nSPS) is 12.4. The Balaban J connectivity index is 0.000000257. The molecule has 1 saturated heterocycles. The number of benzene rings is 2.